The number of benzene rings is 17. The van der Waals surface area contributed by atoms with E-state index in [0.717, 1.165) is 167 Å². The van der Waals surface area contributed by atoms with E-state index in [9.17, 15) is 15.3 Å². The molecular weight excluding hydrogens is 2380 g/mol. The summed E-state index contributed by atoms with van der Waals surface area (Å²) in [5, 5.41) is 37.7. The summed E-state index contributed by atoms with van der Waals surface area (Å²) in [6.45, 7) is 27.3. The zero-order chi connectivity index (χ0) is 101. The zero-order valence-corrected chi connectivity index (χ0v) is 92.0. The van der Waals surface area contributed by atoms with Crippen molar-refractivity contribution in [3.63, 3.8) is 0 Å². The number of nitrogens with zero attached hydrogens (tertiary/aromatic N) is 10. The molecule has 0 aliphatic carbocycles. The van der Waals surface area contributed by atoms with Crippen LogP contribution in [0.15, 0.2) is 425 Å². The molecule has 24 rings (SSSR count). The van der Waals surface area contributed by atoms with Gasteiger partial charge in [-0.15, -0.1) is 71.3 Å². The van der Waals surface area contributed by atoms with Gasteiger partial charge in [0.05, 0.1) is 66.5 Å². The molecule has 0 bridgehead atoms. The number of aromatic nitrogens is 10. The molecule has 0 atom stereocenters. The van der Waals surface area contributed by atoms with Crippen LogP contribution < -0.4 is 0 Å². The van der Waals surface area contributed by atoms with Crippen LogP contribution in [0.1, 0.15) is 105 Å². The van der Waals surface area contributed by atoms with E-state index in [2.05, 4.69) is 362 Å². The first kappa shape index (κ1) is 103. The Morgan fingerprint density at radius 2 is 0.500 bits per heavy atom. The Kier molecular flexibility index (Phi) is 29.0. The molecule has 0 aliphatic heterocycles. The summed E-state index contributed by atoms with van der Waals surface area (Å²) < 4.78 is 8.75. The molecule has 150 heavy (non-hydrogen) atoms. The fourth-order valence-corrected chi connectivity index (χ4v) is 19.9. The molecule has 0 saturated carbocycles. The number of imidazole rings is 3. The molecule has 13 nitrogen and oxygen atoms in total. The average molecular weight is 2490 g/mol. The van der Waals surface area contributed by atoms with Gasteiger partial charge in [-0.1, -0.05) is 382 Å². The number of rotatable bonds is 15. The largest absolute Gasteiger partial charge is 0.507 e. The molecule has 17 aromatic carbocycles. The van der Waals surface area contributed by atoms with Gasteiger partial charge in [-0.2, -0.15) is 0 Å². The van der Waals surface area contributed by atoms with E-state index in [4.69, 9.17) is 29.9 Å². The van der Waals surface area contributed by atoms with Crippen LogP contribution in [0, 0.1) is 18.2 Å². The zero-order valence-electron chi connectivity index (χ0n) is 85.2. The van der Waals surface area contributed by atoms with Gasteiger partial charge in [0.15, 0.2) is 0 Å². The van der Waals surface area contributed by atoms with Crippen LogP contribution in [0.4, 0.5) is 0 Å². The van der Waals surface area contributed by atoms with Crippen molar-refractivity contribution in [2.75, 3.05) is 0 Å². The number of phenolic OH excluding ortho intramolecular Hbond substituents is 3. The molecule has 7 aromatic heterocycles. The van der Waals surface area contributed by atoms with Crippen molar-refractivity contribution in [3.8, 4) is 164 Å². The van der Waals surface area contributed by atoms with Crippen molar-refractivity contribution in [1.29, 1.82) is 0 Å². The van der Waals surface area contributed by atoms with Gasteiger partial charge in [-0.25, -0.2) is 15.0 Å². The third kappa shape index (κ3) is 20.3. The number of para-hydroxylation sites is 10. The number of fused-ring (bicyclic) bond motifs is 7. The molecule has 0 aliphatic rings. The fraction of sp³-hybridized carbons (Fsp3) is 0.119. The predicted octanol–water partition coefficient (Wildman–Crippen LogP) is 33.5. The minimum Gasteiger partial charge on any atom is -0.507 e. The van der Waals surface area contributed by atoms with Gasteiger partial charge in [0.2, 0.25) is 0 Å². The Labute approximate surface area is 918 Å². The minimum atomic E-state index is -0.0248. The van der Waals surface area contributed by atoms with Crippen molar-refractivity contribution in [2.45, 2.75) is 105 Å². The summed E-state index contributed by atoms with van der Waals surface area (Å²) in [4.78, 5) is 30.1. The molecule has 746 valence electrons. The number of aromatic hydroxyl groups is 3. The third-order valence-electron chi connectivity index (χ3n) is 27.6. The Morgan fingerprint density at radius 3 is 0.873 bits per heavy atom. The van der Waals surface area contributed by atoms with Gasteiger partial charge in [0.25, 0.3) is 0 Å². The second kappa shape index (κ2) is 42.4. The van der Waals surface area contributed by atoms with Crippen LogP contribution >= 0.6 is 0 Å². The molecule has 7 heterocycles. The number of hydrogen-bond acceptors (Lipinski definition) is 9. The molecular formula is C134H109N10O3Pt3-3. The van der Waals surface area contributed by atoms with Crippen LogP contribution in [-0.4, -0.2) is 63.5 Å². The molecule has 0 spiro atoms. The maximum absolute atomic E-state index is 11.2. The number of pyridine rings is 3. The summed E-state index contributed by atoms with van der Waals surface area (Å²) in [6.07, 6.45) is 5.48. The standard InChI is InChI=1S/C48H42N3O.C44H40N3O.C42H27N4O.3Pt/c1-47(2,3)36-28-33(29-37(30-36)48(4,5)6)32-25-34(27-35(26-32)41-20-11-12-24-49-41)39-19-14-22-43-45(39)50-46(40-18-9-10-23-44(40)52)51(43)42-21-13-16-31-15-7-8-17-38(31)42;1-43(2,3)33-26-30(27-34(28-33)44(4,5)6)29-23-31(25-32(24-29)38-19-12-13-22-45-38)36-18-14-20-39-41(36)46-42(37-17-10-11-21-40(37)48)47(39)35-15-8-7-9-16-35;47-40-23-9-6-17-35(40)42-44-41-32(18-12-22-39(41)46(42)30-13-2-1-3-14-30)28-25-29(36-19-10-11-24-43-36)27-31(26-28)45-37-20-7-4-15-33(37)34-16-5-8-21-38(34)45;;;/h7-26,28-30,52H,1-6H3;7-24,26-28,48H,1-6H3;1-24,26-27,47H;;;/q3*-1;;;. The first-order valence-corrected chi connectivity index (χ1v) is 49.9. The van der Waals surface area contributed by atoms with Crippen LogP contribution in [0.3, 0.4) is 0 Å². The first-order chi connectivity index (χ1) is 71.2. The van der Waals surface area contributed by atoms with E-state index in [1.54, 1.807) is 18.2 Å². The Hall–Kier alpha value is -15.9. The topological polar surface area (TPSA) is 158 Å². The van der Waals surface area contributed by atoms with Crippen LogP contribution in [-0.2, 0) is 84.9 Å². The molecule has 24 aromatic rings. The first-order valence-electron chi connectivity index (χ1n) is 49.9. The minimum absolute atomic E-state index is 0. The van der Waals surface area contributed by atoms with E-state index in [1.165, 1.54) is 33.0 Å². The summed E-state index contributed by atoms with van der Waals surface area (Å²) in [7, 11) is 0. The van der Waals surface area contributed by atoms with E-state index < -0.39 is 0 Å². The van der Waals surface area contributed by atoms with Gasteiger partial charge < -0.3 is 19.9 Å². The summed E-state index contributed by atoms with van der Waals surface area (Å²) >= 11 is 0. The molecule has 0 amide bonds. The maximum Gasteiger partial charge on any atom is 0.148 e. The van der Waals surface area contributed by atoms with Gasteiger partial charge >= 0.3 is 0 Å². The van der Waals surface area contributed by atoms with Crippen LogP contribution in [0.25, 0.3) is 212 Å². The second-order valence-corrected chi connectivity index (χ2v) is 41.7. The molecule has 0 saturated heterocycles. The Bertz CT molecular complexity index is 9000. The molecule has 0 fully saturated rings. The Balaban J connectivity index is 0.000000140. The van der Waals surface area contributed by atoms with Crippen molar-refractivity contribution < 1.29 is 78.5 Å². The van der Waals surface area contributed by atoms with Gasteiger partial charge in [-0.05, 0) is 181 Å². The average Bonchev–Trinajstić information content (AvgIpc) is 1.58. The van der Waals surface area contributed by atoms with Gasteiger partial charge in [0.1, 0.15) is 34.7 Å². The van der Waals surface area contributed by atoms with E-state index in [-0.39, 0.29) is 102 Å². The number of hydrogen-bond donors (Lipinski definition) is 3. The fourth-order valence-electron chi connectivity index (χ4n) is 19.9. The normalized spacial score (nSPS) is 11.7. The molecule has 0 radical (unpaired) electrons. The van der Waals surface area contributed by atoms with Gasteiger partial charge in [0, 0.05) is 126 Å². The molecule has 0 unspecified atom stereocenters. The van der Waals surface area contributed by atoms with Crippen LogP contribution in [0.5, 0.6) is 17.2 Å². The molecule has 3 N–H and O–H groups in total. The smallest absolute Gasteiger partial charge is 0.148 e. The van der Waals surface area contributed by atoms with Crippen molar-refractivity contribution in [2.24, 2.45) is 0 Å². The van der Waals surface area contributed by atoms with Crippen LogP contribution in [0.2, 0.25) is 0 Å². The number of phenols is 3. The summed E-state index contributed by atoms with van der Waals surface area (Å²) in [6, 6.07) is 150. The monoisotopic (exact) mass is 2490 g/mol. The summed E-state index contributed by atoms with van der Waals surface area (Å²) in [5.41, 5.74) is 34.0. The third-order valence-corrected chi connectivity index (χ3v) is 27.6. The van der Waals surface area contributed by atoms with E-state index in [0.29, 0.717) is 34.2 Å². The maximum atomic E-state index is 11.2. The quantitative estimate of drug-likeness (QED) is 0.0850. The van der Waals surface area contributed by atoms with E-state index >= 15 is 0 Å². The molecule has 16 heteroatoms. The predicted molar refractivity (Wildman–Crippen MR) is 605 cm³/mol. The SMILES string of the molecule is CC(C)(C)c1cc(-c2cc(-c3ccccn3)[c-]c(-c3cccc4c3nc(-c3ccccc3O)n4-c3cccc4ccccc34)c2)cc(C(C)(C)C)c1.CC(C)(C)c1cc(-c2cc(-c3ccccn3)[c-]c(-c3cccc4c3nc(-c3ccccc3O)n4-c3ccccc3)c2)cc(C(C)(C)C)c1.Oc1ccccc1-c1nc2c(-c3[c-]c(-c4ccccn4)cc(-n4c5ccccc5c5ccccc54)c3)cccc2n1-c1ccccc1.[Pt].[Pt].[Pt]. The second-order valence-electron chi connectivity index (χ2n) is 41.7. The van der Waals surface area contributed by atoms with Crippen molar-refractivity contribution >= 4 is 65.7 Å². The van der Waals surface area contributed by atoms with Crippen molar-refractivity contribution in [3.05, 3.63) is 465 Å². The van der Waals surface area contributed by atoms with Gasteiger partial charge in [-0.3, -0.25) is 28.7 Å². The summed E-state index contributed by atoms with van der Waals surface area (Å²) in [5.74, 6) is 2.56. The Morgan fingerprint density at radius 1 is 0.220 bits per heavy atom. The van der Waals surface area contributed by atoms with E-state index in [1.807, 2.05) is 164 Å². The van der Waals surface area contributed by atoms with Crippen molar-refractivity contribution in [1.82, 2.24) is 48.2 Å².